The van der Waals surface area contributed by atoms with E-state index >= 15 is 0 Å². The topological polar surface area (TPSA) is 89.7 Å². The summed E-state index contributed by atoms with van der Waals surface area (Å²) in [5, 5.41) is 4.89. The summed E-state index contributed by atoms with van der Waals surface area (Å²) in [4.78, 5) is 35.8. The highest BCUT2D eigenvalue weighted by molar-refractivity contribution is 8.15. The number of ether oxygens (including phenoxy) is 1. The van der Waals surface area contributed by atoms with E-state index in [1.54, 1.807) is 4.90 Å². The van der Waals surface area contributed by atoms with Gasteiger partial charge in [0.1, 0.15) is 12.1 Å². The van der Waals surface area contributed by atoms with Crippen molar-refractivity contribution in [3.05, 3.63) is 95.8 Å². The van der Waals surface area contributed by atoms with Gasteiger partial charge in [-0.3, -0.25) is 14.5 Å². The highest BCUT2D eigenvalue weighted by Gasteiger charge is 2.32. The van der Waals surface area contributed by atoms with Crippen LogP contribution in [-0.4, -0.2) is 43.9 Å². The summed E-state index contributed by atoms with van der Waals surface area (Å²) in [5.41, 5.74) is 5.08. The Morgan fingerprint density at radius 2 is 1.89 bits per heavy atom. The van der Waals surface area contributed by atoms with E-state index in [9.17, 15) is 22.8 Å². The van der Waals surface area contributed by atoms with Gasteiger partial charge >= 0.3 is 6.36 Å². The summed E-state index contributed by atoms with van der Waals surface area (Å²) in [5.74, 6) is 0.263. The second-order valence-electron chi connectivity index (χ2n) is 11.0. The van der Waals surface area contributed by atoms with Crippen molar-refractivity contribution >= 4 is 40.5 Å². The average molecular weight is 648 g/mol. The lowest BCUT2D eigenvalue weighted by molar-refractivity contribution is -0.274. The number of amides is 2. The van der Waals surface area contributed by atoms with E-state index < -0.39 is 6.36 Å². The van der Waals surface area contributed by atoms with Gasteiger partial charge in [0.05, 0.1) is 17.1 Å². The number of aryl methyl sites for hydroxylation is 1. The Balaban J connectivity index is 1.16. The lowest BCUT2D eigenvalue weighted by atomic mass is 9.99. The lowest BCUT2D eigenvalue weighted by Crippen LogP contribution is -2.31. The molecule has 12 heteroatoms. The molecule has 0 N–H and O–H groups in total. The number of unbranched alkanes of at least 4 members (excludes halogenated alkanes) is 1. The molecule has 0 radical (unpaired) electrons. The zero-order chi connectivity index (χ0) is 32.8. The molecule has 8 nitrogen and oxygen atoms in total. The largest absolute Gasteiger partial charge is 0.573 e. The first-order valence-electron chi connectivity index (χ1n) is 14.7. The molecule has 0 bridgehead atoms. The fourth-order valence-electron chi connectivity index (χ4n) is 4.87. The minimum absolute atomic E-state index is 0.0789. The van der Waals surface area contributed by atoms with Crippen LogP contribution in [0.15, 0.2) is 84.1 Å². The second-order valence-corrected chi connectivity index (χ2v) is 11.9. The Morgan fingerprint density at radius 3 is 2.63 bits per heavy atom. The number of anilines is 1. The van der Waals surface area contributed by atoms with Gasteiger partial charge in [0.15, 0.2) is 11.0 Å². The Labute approximate surface area is 269 Å². The molecule has 1 aliphatic rings. The lowest BCUT2D eigenvalue weighted by Gasteiger charge is -2.22. The number of allylic oxidation sites excluding steroid dienone is 1. The second kappa shape index (κ2) is 14.2. The molecule has 238 valence electrons. The van der Waals surface area contributed by atoms with Crippen LogP contribution in [0.1, 0.15) is 55.7 Å². The predicted octanol–water partition coefficient (Wildman–Crippen LogP) is 8.11. The molecular formula is C34H32F3N5O3S. The minimum atomic E-state index is -4.76. The molecular weight excluding hydrogens is 615 g/mol. The number of carbonyl (C=O) groups is 2. The van der Waals surface area contributed by atoms with Gasteiger partial charge in [-0.1, -0.05) is 68.1 Å². The number of halogens is 3. The van der Waals surface area contributed by atoms with Gasteiger partial charge in [-0.05, 0) is 78.8 Å². The maximum Gasteiger partial charge on any atom is 0.573 e. The summed E-state index contributed by atoms with van der Waals surface area (Å²) in [6, 6.07) is 19.0. The van der Waals surface area contributed by atoms with Gasteiger partial charge in [0, 0.05) is 12.0 Å². The number of aromatic nitrogens is 3. The number of aliphatic imine (C=N–C) groups is 1. The number of alkyl halides is 3. The van der Waals surface area contributed by atoms with E-state index in [1.165, 1.54) is 47.0 Å². The van der Waals surface area contributed by atoms with Crippen molar-refractivity contribution in [2.24, 2.45) is 4.99 Å². The number of benzene rings is 3. The van der Waals surface area contributed by atoms with Gasteiger partial charge < -0.3 is 4.74 Å². The molecule has 0 aliphatic carbocycles. The normalized spacial score (nSPS) is 14.6. The zero-order valence-corrected chi connectivity index (χ0v) is 26.3. The highest BCUT2D eigenvalue weighted by atomic mass is 32.2. The Hall–Kier alpha value is -4.71. The SMILES string of the molecule is Cc1ccc(C(C)C)c(N2C(=O)CSC2=NC(=O)CCC/C=C\c2cccc(-c3ncn(-c4ccc(OC(F)(F)F)cc4)n3)c2)c1. The van der Waals surface area contributed by atoms with Crippen LogP contribution in [0.3, 0.4) is 0 Å². The Bertz CT molecular complexity index is 1780. The number of hydrogen-bond donors (Lipinski definition) is 0. The van der Waals surface area contributed by atoms with Crippen molar-refractivity contribution < 1.29 is 27.5 Å². The maximum atomic E-state index is 12.8. The Morgan fingerprint density at radius 1 is 1.11 bits per heavy atom. The monoisotopic (exact) mass is 647 g/mol. The van der Waals surface area contributed by atoms with E-state index in [2.05, 4.69) is 33.7 Å². The third kappa shape index (κ3) is 8.30. The fraction of sp³-hybridized carbons (Fsp3) is 0.265. The standard InChI is InChI=1S/C34H32F3N5O3S/c1-22(2)28-17-12-23(3)18-29(28)42-31(44)20-46-33(42)39-30(43)11-6-4-5-8-24-9-7-10-25(19-24)32-38-21-41(40-32)26-13-15-27(16-14-26)45-34(35,36)37/h5,7-10,12-19,21-22H,4,6,11,20H2,1-3H3/b8-5-,39-33?. The van der Waals surface area contributed by atoms with E-state index in [0.717, 1.165) is 27.9 Å². The summed E-state index contributed by atoms with van der Waals surface area (Å²) < 4.78 is 42.7. The summed E-state index contributed by atoms with van der Waals surface area (Å²) in [6.45, 7) is 6.12. The predicted molar refractivity (Wildman–Crippen MR) is 174 cm³/mol. The van der Waals surface area contributed by atoms with Crippen molar-refractivity contribution in [1.29, 1.82) is 0 Å². The van der Waals surface area contributed by atoms with Gasteiger partial charge in [-0.25, -0.2) is 9.67 Å². The highest BCUT2D eigenvalue weighted by Crippen LogP contribution is 2.34. The van der Waals surface area contributed by atoms with Crippen LogP contribution in [0.4, 0.5) is 18.9 Å². The molecule has 5 rings (SSSR count). The van der Waals surface area contributed by atoms with Crippen molar-refractivity contribution in [2.45, 2.75) is 52.3 Å². The molecule has 0 spiro atoms. The van der Waals surface area contributed by atoms with Crippen LogP contribution in [0.25, 0.3) is 23.2 Å². The molecule has 0 atom stereocenters. The van der Waals surface area contributed by atoms with Gasteiger partial charge in [-0.2, -0.15) is 4.99 Å². The zero-order valence-electron chi connectivity index (χ0n) is 25.5. The number of nitrogens with zero attached hydrogens (tertiary/aromatic N) is 5. The van der Waals surface area contributed by atoms with Crippen molar-refractivity contribution in [3.8, 4) is 22.8 Å². The van der Waals surface area contributed by atoms with Crippen LogP contribution in [0, 0.1) is 6.92 Å². The number of carbonyl (C=O) groups excluding carboxylic acids is 2. The van der Waals surface area contributed by atoms with Gasteiger partial charge in [0.25, 0.3) is 0 Å². The van der Waals surface area contributed by atoms with Crippen molar-refractivity contribution in [2.75, 3.05) is 10.7 Å². The number of hydrogen-bond acceptors (Lipinski definition) is 6. The van der Waals surface area contributed by atoms with Crippen molar-refractivity contribution in [3.63, 3.8) is 0 Å². The summed E-state index contributed by atoms with van der Waals surface area (Å²) in [7, 11) is 0. The number of rotatable bonds is 10. The minimum Gasteiger partial charge on any atom is -0.406 e. The third-order valence-corrected chi connectivity index (χ3v) is 8.00. The first kappa shape index (κ1) is 32.7. The smallest absolute Gasteiger partial charge is 0.406 e. The fourth-order valence-corrected chi connectivity index (χ4v) is 5.75. The molecule has 2 amide bonds. The number of amidine groups is 1. The molecule has 1 aromatic heterocycles. The van der Waals surface area contributed by atoms with E-state index in [-0.39, 0.29) is 35.7 Å². The van der Waals surface area contributed by atoms with E-state index in [4.69, 9.17) is 0 Å². The third-order valence-electron chi connectivity index (χ3n) is 7.08. The first-order valence-corrected chi connectivity index (χ1v) is 15.7. The maximum absolute atomic E-state index is 12.8. The molecule has 1 aliphatic heterocycles. The van der Waals surface area contributed by atoms with Crippen LogP contribution in [0.5, 0.6) is 5.75 Å². The molecule has 3 aromatic carbocycles. The molecule has 2 heterocycles. The van der Waals surface area contributed by atoms with Crippen LogP contribution >= 0.6 is 11.8 Å². The van der Waals surface area contributed by atoms with E-state index in [1.807, 2.05) is 61.5 Å². The summed E-state index contributed by atoms with van der Waals surface area (Å²) in [6.07, 6.45) is 2.19. The summed E-state index contributed by atoms with van der Waals surface area (Å²) >= 11 is 1.29. The van der Waals surface area contributed by atoms with Crippen LogP contribution < -0.4 is 9.64 Å². The molecule has 1 fully saturated rings. The molecule has 0 saturated carbocycles. The van der Waals surface area contributed by atoms with E-state index in [0.29, 0.717) is 29.5 Å². The number of thioether (sulfide) groups is 1. The average Bonchev–Trinajstić information content (AvgIpc) is 3.63. The molecule has 4 aromatic rings. The first-order chi connectivity index (χ1) is 22.0. The quantitative estimate of drug-likeness (QED) is 0.162. The Kier molecular flexibility index (Phi) is 10.1. The van der Waals surface area contributed by atoms with Crippen LogP contribution in [-0.2, 0) is 9.59 Å². The molecule has 1 saturated heterocycles. The molecule has 0 unspecified atom stereocenters. The van der Waals surface area contributed by atoms with Crippen LogP contribution in [0.2, 0.25) is 0 Å². The molecule has 46 heavy (non-hydrogen) atoms. The van der Waals surface area contributed by atoms with Gasteiger partial charge in [0.2, 0.25) is 11.8 Å². The van der Waals surface area contributed by atoms with Crippen molar-refractivity contribution in [1.82, 2.24) is 14.8 Å². The van der Waals surface area contributed by atoms with Gasteiger partial charge in [-0.15, -0.1) is 18.3 Å².